The molecule has 2 N–H and O–H groups in total. The van der Waals surface area contributed by atoms with Crippen LogP contribution in [0.3, 0.4) is 0 Å². The van der Waals surface area contributed by atoms with Crippen molar-refractivity contribution in [1.82, 2.24) is 5.32 Å². The molecule has 7 nitrogen and oxygen atoms in total. The molecular formula is C13H15NO6. The third-order valence-electron chi connectivity index (χ3n) is 2.17. The van der Waals surface area contributed by atoms with Crippen LogP contribution in [0.5, 0.6) is 5.75 Å². The zero-order valence-corrected chi connectivity index (χ0v) is 10.9. The van der Waals surface area contributed by atoms with Crippen LogP contribution in [-0.2, 0) is 25.5 Å². The molecule has 0 aromatic heterocycles. The molecule has 7 heteroatoms. The van der Waals surface area contributed by atoms with Crippen LogP contribution in [0.2, 0.25) is 0 Å². The van der Waals surface area contributed by atoms with E-state index in [0.717, 1.165) is 0 Å². The number of hydrogen-bond acceptors (Lipinski definition) is 6. The number of rotatable bonds is 5. The second kappa shape index (κ2) is 7.78. The van der Waals surface area contributed by atoms with E-state index in [0.29, 0.717) is 5.56 Å². The van der Waals surface area contributed by atoms with Gasteiger partial charge in [-0.3, -0.25) is 14.9 Å². The predicted octanol–water partition coefficient (Wildman–Crippen LogP) is 0.751. The molecule has 1 aromatic carbocycles. The van der Waals surface area contributed by atoms with Crippen LogP contribution in [-0.4, -0.2) is 36.3 Å². The Kier molecular flexibility index (Phi) is 6.02. The first kappa shape index (κ1) is 15.5. The molecule has 20 heavy (non-hydrogen) atoms. The summed E-state index contributed by atoms with van der Waals surface area (Å²) in [5.74, 6) is -1.28. The van der Waals surface area contributed by atoms with Crippen LogP contribution in [0, 0.1) is 0 Å². The Labute approximate surface area is 115 Å². The van der Waals surface area contributed by atoms with Gasteiger partial charge in [0.25, 0.3) is 5.91 Å². The van der Waals surface area contributed by atoms with Crippen molar-refractivity contribution in [2.24, 2.45) is 0 Å². The van der Waals surface area contributed by atoms with Gasteiger partial charge in [-0.2, -0.15) is 0 Å². The molecule has 1 aromatic rings. The van der Waals surface area contributed by atoms with E-state index in [2.05, 4.69) is 4.74 Å². The number of carbonyl (C=O) groups excluding carboxylic acids is 3. The zero-order valence-electron chi connectivity index (χ0n) is 10.9. The average Bonchev–Trinajstić information content (AvgIpc) is 2.39. The standard InChI is InChI=1S/C13H15NO6/c1-2-19-13(18)14-11(16)8-20-12(17)7-9-3-5-10(15)6-4-9/h3-6,15H,2,7-8H2,1H3,(H,14,16,18). The fourth-order valence-corrected chi connectivity index (χ4v) is 1.29. The number of phenols is 1. The molecule has 0 bridgehead atoms. The van der Waals surface area contributed by atoms with Crippen LogP contribution in [0.15, 0.2) is 24.3 Å². The van der Waals surface area contributed by atoms with Crippen molar-refractivity contribution in [3.8, 4) is 5.75 Å². The van der Waals surface area contributed by atoms with Crippen LogP contribution >= 0.6 is 0 Å². The normalized spacial score (nSPS) is 9.65. The fourth-order valence-electron chi connectivity index (χ4n) is 1.29. The molecule has 0 atom stereocenters. The molecule has 1 rings (SSSR count). The zero-order chi connectivity index (χ0) is 15.0. The Morgan fingerprint density at radius 2 is 1.80 bits per heavy atom. The second-order valence-electron chi connectivity index (χ2n) is 3.77. The first-order valence-electron chi connectivity index (χ1n) is 5.91. The number of phenolic OH excluding ortho intramolecular Hbond substituents is 1. The van der Waals surface area contributed by atoms with Gasteiger partial charge in [0.2, 0.25) is 0 Å². The number of benzene rings is 1. The molecular weight excluding hydrogens is 266 g/mol. The lowest BCUT2D eigenvalue weighted by atomic mass is 10.1. The smallest absolute Gasteiger partial charge is 0.413 e. The van der Waals surface area contributed by atoms with Crippen LogP contribution < -0.4 is 5.32 Å². The van der Waals surface area contributed by atoms with Crippen molar-refractivity contribution < 1.29 is 29.0 Å². The Balaban J connectivity index is 2.31. The Morgan fingerprint density at radius 1 is 1.15 bits per heavy atom. The van der Waals surface area contributed by atoms with Crippen LogP contribution in [0.25, 0.3) is 0 Å². The van der Waals surface area contributed by atoms with Crippen molar-refractivity contribution in [3.05, 3.63) is 29.8 Å². The molecule has 0 saturated heterocycles. The number of hydrogen-bond donors (Lipinski definition) is 2. The number of ether oxygens (including phenoxy) is 2. The molecule has 0 fully saturated rings. The Hall–Kier alpha value is -2.57. The topological polar surface area (TPSA) is 102 Å². The molecule has 0 radical (unpaired) electrons. The minimum atomic E-state index is -0.882. The van der Waals surface area contributed by atoms with E-state index in [1.807, 2.05) is 5.32 Å². The van der Waals surface area contributed by atoms with E-state index in [-0.39, 0.29) is 18.8 Å². The summed E-state index contributed by atoms with van der Waals surface area (Å²) in [6.07, 6.45) is -0.917. The number of imide groups is 1. The SMILES string of the molecule is CCOC(=O)NC(=O)COC(=O)Cc1ccc(O)cc1. The molecule has 0 spiro atoms. The summed E-state index contributed by atoms with van der Waals surface area (Å²) in [6, 6.07) is 6.01. The molecule has 0 heterocycles. The number of alkyl carbamates (subject to hydrolysis) is 1. The molecule has 0 saturated carbocycles. The fraction of sp³-hybridized carbons (Fsp3) is 0.308. The van der Waals surface area contributed by atoms with E-state index in [1.54, 1.807) is 19.1 Å². The molecule has 108 valence electrons. The Bertz CT molecular complexity index is 482. The maximum atomic E-state index is 11.4. The van der Waals surface area contributed by atoms with Crippen LogP contribution in [0.4, 0.5) is 4.79 Å². The summed E-state index contributed by atoms with van der Waals surface area (Å²) in [7, 11) is 0. The highest BCUT2D eigenvalue weighted by molar-refractivity contribution is 5.93. The van der Waals surface area contributed by atoms with Gasteiger partial charge in [0, 0.05) is 0 Å². The van der Waals surface area contributed by atoms with Gasteiger partial charge in [0.05, 0.1) is 13.0 Å². The molecule has 0 aliphatic rings. The van der Waals surface area contributed by atoms with E-state index < -0.39 is 24.6 Å². The third-order valence-corrected chi connectivity index (χ3v) is 2.17. The van der Waals surface area contributed by atoms with Crippen LogP contribution in [0.1, 0.15) is 12.5 Å². The molecule has 0 unspecified atom stereocenters. The largest absolute Gasteiger partial charge is 0.508 e. The van der Waals surface area contributed by atoms with Gasteiger partial charge in [0.15, 0.2) is 6.61 Å². The second-order valence-corrected chi connectivity index (χ2v) is 3.77. The van der Waals surface area contributed by atoms with Crippen molar-refractivity contribution >= 4 is 18.0 Å². The van der Waals surface area contributed by atoms with Gasteiger partial charge in [-0.25, -0.2) is 4.79 Å². The van der Waals surface area contributed by atoms with Gasteiger partial charge in [-0.05, 0) is 24.6 Å². The summed E-state index contributed by atoms with van der Waals surface area (Å²) in [5.41, 5.74) is 0.638. The lowest BCUT2D eigenvalue weighted by molar-refractivity contribution is -0.147. The maximum Gasteiger partial charge on any atom is 0.413 e. The maximum absolute atomic E-state index is 11.4. The highest BCUT2D eigenvalue weighted by Gasteiger charge is 2.11. The predicted molar refractivity (Wildman–Crippen MR) is 67.9 cm³/mol. The summed E-state index contributed by atoms with van der Waals surface area (Å²) in [4.78, 5) is 33.5. The number of nitrogens with one attached hydrogen (secondary N) is 1. The van der Waals surface area contributed by atoms with E-state index in [1.165, 1.54) is 12.1 Å². The summed E-state index contributed by atoms with van der Waals surface area (Å²) in [6.45, 7) is 1.18. The lowest BCUT2D eigenvalue weighted by Gasteiger charge is -2.06. The van der Waals surface area contributed by atoms with Gasteiger partial charge in [0.1, 0.15) is 5.75 Å². The summed E-state index contributed by atoms with van der Waals surface area (Å²) < 4.78 is 9.19. The highest BCUT2D eigenvalue weighted by Crippen LogP contribution is 2.10. The summed E-state index contributed by atoms with van der Waals surface area (Å²) >= 11 is 0. The quantitative estimate of drug-likeness (QED) is 0.772. The number of amides is 2. The monoisotopic (exact) mass is 281 g/mol. The first-order chi connectivity index (χ1) is 9.51. The van der Waals surface area contributed by atoms with Gasteiger partial charge in [-0.1, -0.05) is 12.1 Å². The van der Waals surface area contributed by atoms with Crippen molar-refractivity contribution in [2.45, 2.75) is 13.3 Å². The number of aromatic hydroxyl groups is 1. The van der Waals surface area contributed by atoms with Gasteiger partial charge < -0.3 is 14.6 Å². The van der Waals surface area contributed by atoms with Crippen molar-refractivity contribution in [3.63, 3.8) is 0 Å². The Morgan fingerprint density at radius 3 is 2.40 bits per heavy atom. The van der Waals surface area contributed by atoms with Crippen molar-refractivity contribution in [1.29, 1.82) is 0 Å². The molecule has 2 amide bonds. The number of carbonyl (C=O) groups is 3. The van der Waals surface area contributed by atoms with Gasteiger partial charge >= 0.3 is 12.1 Å². The van der Waals surface area contributed by atoms with E-state index in [4.69, 9.17) is 9.84 Å². The highest BCUT2D eigenvalue weighted by atomic mass is 16.6. The minimum Gasteiger partial charge on any atom is -0.508 e. The minimum absolute atomic E-state index is 0.0348. The molecule has 0 aliphatic carbocycles. The summed E-state index contributed by atoms with van der Waals surface area (Å²) in [5, 5.41) is 11.0. The van der Waals surface area contributed by atoms with Gasteiger partial charge in [-0.15, -0.1) is 0 Å². The first-order valence-corrected chi connectivity index (χ1v) is 5.91. The average molecular weight is 281 g/mol. The van der Waals surface area contributed by atoms with E-state index in [9.17, 15) is 14.4 Å². The van der Waals surface area contributed by atoms with E-state index >= 15 is 0 Å². The van der Waals surface area contributed by atoms with Crippen molar-refractivity contribution in [2.75, 3.05) is 13.2 Å². The lowest BCUT2D eigenvalue weighted by Crippen LogP contribution is -2.34. The third kappa shape index (κ3) is 5.85. The number of esters is 1. The molecule has 0 aliphatic heterocycles.